The van der Waals surface area contributed by atoms with Gasteiger partial charge in [0.05, 0.1) is 30.2 Å². The van der Waals surface area contributed by atoms with E-state index in [-0.39, 0.29) is 11.6 Å². The van der Waals surface area contributed by atoms with Gasteiger partial charge < -0.3 is 31.5 Å². The number of alkyl halides is 3. The number of carbonyl (C=O) groups is 2. The molecular weight excluding hydrogens is 563 g/mol. The molecule has 0 saturated carbocycles. The number of phenolic OH excluding ortho intramolecular Hbond substituents is 1. The molecule has 43 heavy (non-hydrogen) atoms. The topological polar surface area (TPSA) is 129 Å². The van der Waals surface area contributed by atoms with Gasteiger partial charge in [-0.15, -0.1) is 0 Å². The normalized spacial score (nSPS) is 14.9. The third-order valence-electron chi connectivity index (χ3n) is 6.85. The first-order chi connectivity index (χ1) is 20.6. The molecule has 9 nitrogen and oxygen atoms in total. The highest BCUT2D eigenvalue weighted by atomic mass is 19.4. The SMILES string of the molecule is Nc1ccccc1NC(=O)/C=C/c1ccc(C(NCCCN2CCOCC2)C(=O)Nc2ccc(C(F)(F)F)c(O)c2)cc1. The molecule has 3 aromatic rings. The van der Waals surface area contributed by atoms with Crippen molar-refractivity contribution in [3.8, 4) is 5.75 Å². The van der Waals surface area contributed by atoms with Crippen LogP contribution < -0.4 is 21.7 Å². The molecule has 1 unspecified atom stereocenters. The molecule has 4 rings (SSSR count). The van der Waals surface area contributed by atoms with Gasteiger partial charge in [0.15, 0.2) is 0 Å². The monoisotopic (exact) mass is 597 g/mol. The minimum atomic E-state index is -4.72. The van der Waals surface area contributed by atoms with Gasteiger partial charge in [-0.2, -0.15) is 13.2 Å². The molecule has 1 fully saturated rings. The lowest BCUT2D eigenvalue weighted by Gasteiger charge is -2.27. The summed E-state index contributed by atoms with van der Waals surface area (Å²) in [7, 11) is 0. The van der Waals surface area contributed by atoms with Crippen LogP contribution in [0.1, 0.15) is 29.2 Å². The Bertz CT molecular complexity index is 1420. The summed E-state index contributed by atoms with van der Waals surface area (Å²) in [6.07, 6.45) is -0.976. The van der Waals surface area contributed by atoms with Crippen molar-refractivity contribution < 1.29 is 32.6 Å². The zero-order valence-corrected chi connectivity index (χ0v) is 23.4. The van der Waals surface area contributed by atoms with E-state index in [0.717, 1.165) is 44.3 Å². The summed E-state index contributed by atoms with van der Waals surface area (Å²) >= 11 is 0. The molecule has 1 saturated heterocycles. The standard InChI is InChI=1S/C31H34F3N5O4/c32-31(33,34)24-12-11-23(20-27(24)40)37-30(42)29(36-14-3-15-39-16-18-43-19-17-39)22-9-6-21(7-10-22)8-13-28(41)38-26-5-2-1-4-25(26)35/h1-2,4-13,20,29,36,40H,3,14-19,35H2,(H,37,42)(H,38,41)/b13-8+. The largest absolute Gasteiger partial charge is 0.507 e. The Kier molecular flexibility index (Phi) is 10.8. The highest BCUT2D eigenvalue weighted by molar-refractivity contribution is 6.03. The molecule has 228 valence electrons. The first-order valence-corrected chi connectivity index (χ1v) is 13.8. The van der Waals surface area contributed by atoms with Crippen molar-refractivity contribution >= 4 is 35.0 Å². The fourth-order valence-corrected chi connectivity index (χ4v) is 4.56. The molecule has 6 N–H and O–H groups in total. The third-order valence-corrected chi connectivity index (χ3v) is 6.85. The number of hydrogen-bond donors (Lipinski definition) is 5. The van der Waals surface area contributed by atoms with Crippen molar-refractivity contribution in [2.24, 2.45) is 0 Å². The number of phenols is 1. The number of nitrogens with two attached hydrogens (primary N) is 1. The molecule has 0 aliphatic carbocycles. The van der Waals surface area contributed by atoms with Gasteiger partial charge in [0.1, 0.15) is 11.8 Å². The number of hydrogen-bond acceptors (Lipinski definition) is 7. The Balaban J connectivity index is 1.43. The Labute approximate surface area is 247 Å². The number of anilines is 3. The second kappa shape index (κ2) is 14.7. The number of rotatable bonds is 11. The number of ether oxygens (including phenoxy) is 1. The molecule has 0 spiro atoms. The molecule has 0 radical (unpaired) electrons. The number of nitrogens with zero attached hydrogens (tertiary/aromatic N) is 1. The summed E-state index contributed by atoms with van der Waals surface area (Å²) in [5.41, 5.74) is 6.97. The predicted octanol–water partition coefficient (Wildman–Crippen LogP) is 4.64. The number of morpholine rings is 1. The fourth-order valence-electron chi connectivity index (χ4n) is 4.56. The number of nitrogens with one attached hydrogen (secondary N) is 3. The summed E-state index contributed by atoms with van der Waals surface area (Å²) in [4.78, 5) is 27.9. The minimum Gasteiger partial charge on any atom is -0.507 e. The Morgan fingerprint density at radius 3 is 2.42 bits per heavy atom. The van der Waals surface area contributed by atoms with Gasteiger partial charge in [0.2, 0.25) is 11.8 Å². The summed E-state index contributed by atoms with van der Waals surface area (Å²) in [6, 6.07) is 15.7. The van der Waals surface area contributed by atoms with Crippen molar-refractivity contribution in [2.45, 2.75) is 18.6 Å². The molecule has 3 aromatic carbocycles. The van der Waals surface area contributed by atoms with E-state index in [2.05, 4.69) is 20.9 Å². The van der Waals surface area contributed by atoms with Gasteiger partial charge in [0.25, 0.3) is 0 Å². The molecule has 0 aromatic heterocycles. The van der Waals surface area contributed by atoms with Crippen LogP contribution >= 0.6 is 0 Å². The zero-order chi connectivity index (χ0) is 30.8. The van der Waals surface area contributed by atoms with Crippen molar-refractivity contribution in [2.75, 3.05) is 55.8 Å². The van der Waals surface area contributed by atoms with Crippen LogP contribution in [0.2, 0.25) is 0 Å². The van der Waals surface area contributed by atoms with Gasteiger partial charge in [0, 0.05) is 30.9 Å². The van der Waals surface area contributed by atoms with Gasteiger partial charge in [-0.25, -0.2) is 0 Å². The van der Waals surface area contributed by atoms with E-state index in [1.165, 1.54) is 6.08 Å². The minimum absolute atomic E-state index is 0.0280. The first-order valence-electron chi connectivity index (χ1n) is 13.8. The van der Waals surface area contributed by atoms with Gasteiger partial charge in [-0.1, -0.05) is 36.4 Å². The molecule has 1 heterocycles. The third kappa shape index (κ3) is 9.30. The Morgan fingerprint density at radius 2 is 1.74 bits per heavy atom. The fraction of sp³-hybridized carbons (Fsp3) is 0.290. The maximum Gasteiger partial charge on any atom is 0.419 e. The number of aromatic hydroxyl groups is 1. The van der Waals surface area contributed by atoms with E-state index in [1.807, 2.05) is 0 Å². The number of carbonyl (C=O) groups excluding carboxylic acids is 2. The lowest BCUT2D eigenvalue weighted by atomic mass is 10.0. The van der Waals surface area contributed by atoms with Crippen molar-refractivity contribution in [3.05, 3.63) is 89.5 Å². The molecular formula is C31H34F3N5O4. The van der Waals surface area contributed by atoms with E-state index in [4.69, 9.17) is 10.5 Å². The number of amides is 2. The Morgan fingerprint density at radius 1 is 1.02 bits per heavy atom. The average molecular weight is 598 g/mol. The predicted molar refractivity (Wildman–Crippen MR) is 159 cm³/mol. The van der Waals surface area contributed by atoms with Gasteiger partial charge in [-0.3, -0.25) is 14.5 Å². The molecule has 1 aliphatic heterocycles. The van der Waals surface area contributed by atoms with Crippen LogP contribution in [0.25, 0.3) is 6.08 Å². The van der Waals surface area contributed by atoms with Gasteiger partial charge in [-0.05, 0) is 61.0 Å². The van der Waals surface area contributed by atoms with Gasteiger partial charge >= 0.3 is 6.18 Å². The van der Waals surface area contributed by atoms with E-state index in [1.54, 1.807) is 54.6 Å². The maximum absolute atomic E-state index is 13.3. The van der Waals surface area contributed by atoms with Crippen LogP contribution in [0.5, 0.6) is 5.75 Å². The van der Waals surface area contributed by atoms with Crippen LogP contribution in [-0.4, -0.2) is 61.2 Å². The molecule has 1 atom stereocenters. The number of para-hydroxylation sites is 2. The zero-order valence-electron chi connectivity index (χ0n) is 23.4. The lowest BCUT2D eigenvalue weighted by Crippen LogP contribution is -2.39. The quantitative estimate of drug-likeness (QED) is 0.124. The molecule has 1 aliphatic rings. The summed E-state index contributed by atoms with van der Waals surface area (Å²) < 4.78 is 44.5. The second-order valence-corrected chi connectivity index (χ2v) is 9.99. The summed E-state index contributed by atoms with van der Waals surface area (Å²) in [5.74, 6) is -1.84. The highest BCUT2D eigenvalue weighted by Crippen LogP contribution is 2.37. The Hall–Kier alpha value is -4.39. The number of benzene rings is 3. The summed E-state index contributed by atoms with van der Waals surface area (Å²) in [6.45, 7) is 4.36. The van der Waals surface area contributed by atoms with E-state index in [9.17, 15) is 27.9 Å². The van der Waals surface area contributed by atoms with Crippen LogP contribution in [0, 0.1) is 0 Å². The van der Waals surface area contributed by atoms with E-state index >= 15 is 0 Å². The highest BCUT2D eigenvalue weighted by Gasteiger charge is 2.34. The average Bonchev–Trinajstić information content (AvgIpc) is 2.97. The van der Waals surface area contributed by atoms with Crippen molar-refractivity contribution in [3.63, 3.8) is 0 Å². The van der Waals surface area contributed by atoms with Crippen LogP contribution in [0.15, 0.2) is 72.8 Å². The smallest absolute Gasteiger partial charge is 0.419 e. The molecule has 2 amide bonds. The number of halogens is 3. The number of nitrogen functional groups attached to an aromatic ring is 1. The van der Waals surface area contributed by atoms with E-state index in [0.29, 0.717) is 42.3 Å². The molecule has 0 bridgehead atoms. The van der Waals surface area contributed by atoms with Crippen LogP contribution in [0.3, 0.4) is 0 Å². The second-order valence-electron chi connectivity index (χ2n) is 9.99. The summed E-state index contributed by atoms with van der Waals surface area (Å²) in [5, 5.41) is 18.4. The first kappa shape index (κ1) is 31.5. The van der Waals surface area contributed by atoms with Crippen LogP contribution in [-0.2, 0) is 20.5 Å². The van der Waals surface area contributed by atoms with Crippen molar-refractivity contribution in [1.29, 1.82) is 0 Å². The molecule has 12 heteroatoms. The van der Waals surface area contributed by atoms with Crippen LogP contribution in [0.4, 0.5) is 30.2 Å². The maximum atomic E-state index is 13.3. The van der Waals surface area contributed by atoms with Crippen molar-refractivity contribution in [1.82, 2.24) is 10.2 Å². The lowest BCUT2D eigenvalue weighted by molar-refractivity contribution is -0.138. The van der Waals surface area contributed by atoms with E-state index < -0.39 is 29.4 Å².